The number of nitrogens with one attached hydrogen (secondary N) is 1. The van der Waals surface area contributed by atoms with Crippen LogP contribution >= 0.6 is 12.4 Å². The molecular weight excluding hydrogens is 298 g/mol. The first-order valence-corrected chi connectivity index (χ1v) is 7.50. The maximum absolute atomic E-state index is 9.71. The van der Waals surface area contributed by atoms with Gasteiger partial charge in [-0.1, -0.05) is 24.3 Å². The fourth-order valence-corrected chi connectivity index (χ4v) is 2.66. The lowest BCUT2D eigenvalue weighted by molar-refractivity contribution is 0.464. The molecule has 1 aromatic carbocycles. The van der Waals surface area contributed by atoms with E-state index < -0.39 is 0 Å². The smallest absolute Gasteiger partial charge is 0.128 e. The van der Waals surface area contributed by atoms with Gasteiger partial charge in [0.05, 0.1) is 0 Å². The van der Waals surface area contributed by atoms with Crippen molar-refractivity contribution < 1.29 is 5.11 Å². The Morgan fingerprint density at radius 3 is 2.50 bits per heavy atom. The zero-order valence-electron chi connectivity index (χ0n) is 12.5. The molecule has 0 bridgehead atoms. The van der Waals surface area contributed by atoms with E-state index in [1.807, 2.05) is 24.4 Å². The molecule has 22 heavy (non-hydrogen) atoms. The van der Waals surface area contributed by atoms with Gasteiger partial charge in [0.2, 0.25) is 0 Å². The lowest BCUT2D eigenvalue weighted by atomic mass is 10.2. The van der Waals surface area contributed by atoms with Crippen LogP contribution in [0.5, 0.6) is 5.75 Å². The number of phenols is 1. The van der Waals surface area contributed by atoms with Gasteiger partial charge in [-0.2, -0.15) is 0 Å². The van der Waals surface area contributed by atoms with Crippen molar-refractivity contribution in [3.63, 3.8) is 0 Å². The Morgan fingerprint density at radius 2 is 1.82 bits per heavy atom. The van der Waals surface area contributed by atoms with Crippen molar-refractivity contribution in [1.29, 1.82) is 0 Å². The second-order valence-corrected chi connectivity index (χ2v) is 5.45. The average Bonchev–Trinajstić information content (AvgIpc) is 3.04. The lowest BCUT2D eigenvalue weighted by Crippen LogP contribution is -2.19. The highest BCUT2D eigenvalue weighted by Gasteiger charge is 2.12. The second kappa shape index (κ2) is 8.01. The van der Waals surface area contributed by atoms with E-state index in [0.29, 0.717) is 12.3 Å². The molecule has 2 N–H and O–H groups in total. The minimum Gasteiger partial charge on any atom is -0.508 e. The minimum atomic E-state index is 0. The number of para-hydroxylation sites is 1. The summed E-state index contributed by atoms with van der Waals surface area (Å²) < 4.78 is 0. The molecule has 1 aliphatic heterocycles. The summed E-state index contributed by atoms with van der Waals surface area (Å²) in [4.78, 5) is 6.87. The van der Waals surface area contributed by atoms with E-state index in [2.05, 4.69) is 27.3 Å². The Balaban J connectivity index is 0.00000176. The molecule has 118 valence electrons. The molecule has 0 amide bonds. The topological polar surface area (TPSA) is 48.4 Å². The molecule has 0 saturated carbocycles. The van der Waals surface area contributed by atoms with Crippen LogP contribution in [0.15, 0.2) is 42.6 Å². The molecule has 5 heteroatoms. The van der Waals surface area contributed by atoms with Gasteiger partial charge < -0.3 is 15.3 Å². The molecule has 1 aliphatic rings. The summed E-state index contributed by atoms with van der Waals surface area (Å²) in [6.07, 6.45) is 4.47. The molecule has 1 fully saturated rings. The highest BCUT2D eigenvalue weighted by Crippen LogP contribution is 2.18. The van der Waals surface area contributed by atoms with Crippen molar-refractivity contribution in [2.24, 2.45) is 0 Å². The zero-order chi connectivity index (χ0) is 14.5. The molecule has 0 atom stereocenters. The maximum Gasteiger partial charge on any atom is 0.128 e. The van der Waals surface area contributed by atoms with E-state index in [-0.39, 0.29) is 12.4 Å². The Hall–Kier alpha value is -1.78. The molecule has 4 nitrogen and oxygen atoms in total. The molecule has 2 heterocycles. The van der Waals surface area contributed by atoms with E-state index in [1.54, 1.807) is 6.07 Å². The van der Waals surface area contributed by atoms with Gasteiger partial charge >= 0.3 is 0 Å². The number of aromatic nitrogens is 1. The molecule has 2 aromatic rings. The van der Waals surface area contributed by atoms with E-state index in [4.69, 9.17) is 0 Å². The Labute approximate surface area is 137 Å². The van der Waals surface area contributed by atoms with Gasteiger partial charge in [0.15, 0.2) is 0 Å². The Morgan fingerprint density at radius 1 is 1.05 bits per heavy atom. The number of aromatic hydroxyl groups is 1. The first-order valence-electron chi connectivity index (χ1n) is 7.50. The van der Waals surface area contributed by atoms with Crippen LogP contribution < -0.4 is 10.2 Å². The first-order chi connectivity index (χ1) is 10.3. The van der Waals surface area contributed by atoms with Crippen LogP contribution in [-0.4, -0.2) is 23.2 Å². The van der Waals surface area contributed by atoms with Crippen molar-refractivity contribution >= 4 is 18.2 Å². The third-order valence-electron chi connectivity index (χ3n) is 3.88. The van der Waals surface area contributed by atoms with Crippen molar-refractivity contribution in [2.75, 3.05) is 18.0 Å². The number of phenolic OH excluding ortho intramolecular Hbond substituents is 1. The normalized spacial score (nSPS) is 13.9. The van der Waals surface area contributed by atoms with Gasteiger partial charge in [0, 0.05) is 37.9 Å². The van der Waals surface area contributed by atoms with Gasteiger partial charge in [-0.15, -0.1) is 12.4 Å². The number of hydrogen-bond acceptors (Lipinski definition) is 4. The van der Waals surface area contributed by atoms with Gasteiger partial charge in [-0.3, -0.25) is 0 Å². The molecule has 0 unspecified atom stereocenters. The van der Waals surface area contributed by atoms with E-state index >= 15 is 0 Å². The second-order valence-electron chi connectivity index (χ2n) is 5.45. The van der Waals surface area contributed by atoms with Crippen molar-refractivity contribution in [1.82, 2.24) is 10.3 Å². The summed E-state index contributed by atoms with van der Waals surface area (Å²) in [5.41, 5.74) is 2.08. The fraction of sp³-hybridized carbons (Fsp3) is 0.353. The van der Waals surface area contributed by atoms with Crippen LogP contribution in [0.4, 0.5) is 5.82 Å². The number of halogens is 1. The first kappa shape index (κ1) is 16.6. The van der Waals surface area contributed by atoms with Gasteiger partial charge in [-0.05, 0) is 30.5 Å². The lowest BCUT2D eigenvalue weighted by Gasteiger charge is -2.16. The number of nitrogens with zero attached hydrogens (tertiary/aromatic N) is 2. The fourth-order valence-electron chi connectivity index (χ4n) is 2.66. The third kappa shape index (κ3) is 4.12. The molecule has 0 radical (unpaired) electrons. The summed E-state index contributed by atoms with van der Waals surface area (Å²) in [6.45, 7) is 3.65. The van der Waals surface area contributed by atoms with Crippen LogP contribution in [0.3, 0.4) is 0 Å². The minimum absolute atomic E-state index is 0. The number of rotatable bonds is 5. The summed E-state index contributed by atoms with van der Waals surface area (Å²) in [7, 11) is 0. The SMILES string of the molecule is Cl.Oc1ccccc1CNCc1ccc(N2CCCC2)nc1. The monoisotopic (exact) mass is 319 g/mol. The third-order valence-corrected chi connectivity index (χ3v) is 3.88. The summed E-state index contributed by atoms with van der Waals surface area (Å²) in [5.74, 6) is 1.42. The quantitative estimate of drug-likeness (QED) is 0.889. The van der Waals surface area contributed by atoms with Gasteiger partial charge in [0.25, 0.3) is 0 Å². The molecular formula is C17H22ClN3O. The highest BCUT2D eigenvalue weighted by molar-refractivity contribution is 5.85. The number of hydrogen-bond donors (Lipinski definition) is 2. The van der Waals surface area contributed by atoms with Crippen LogP contribution in [-0.2, 0) is 13.1 Å². The van der Waals surface area contributed by atoms with E-state index in [1.165, 1.54) is 12.8 Å². The summed E-state index contributed by atoms with van der Waals surface area (Å²) in [6, 6.07) is 11.6. The number of benzene rings is 1. The molecule has 0 aliphatic carbocycles. The van der Waals surface area contributed by atoms with Crippen molar-refractivity contribution in [3.05, 3.63) is 53.7 Å². The van der Waals surface area contributed by atoms with Crippen LogP contribution in [0.25, 0.3) is 0 Å². The standard InChI is InChI=1S/C17H21N3O.ClH/c21-16-6-2-1-5-15(16)13-18-11-14-7-8-17(19-12-14)20-9-3-4-10-20;/h1-2,5-8,12,18,21H,3-4,9-11,13H2;1H. The zero-order valence-corrected chi connectivity index (χ0v) is 13.4. The van der Waals surface area contributed by atoms with Crippen LogP contribution in [0, 0.1) is 0 Å². The number of anilines is 1. The van der Waals surface area contributed by atoms with E-state index in [9.17, 15) is 5.11 Å². The largest absolute Gasteiger partial charge is 0.508 e. The average molecular weight is 320 g/mol. The molecule has 1 saturated heterocycles. The van der Waals surface area contributed by atoms with E-state index in [0.717, 1.165) is 36.6 Å². The maximum atomic E-state index is 9.71. The molecule has 1 aromatic heterocycles. The Kier molecular flexibility index (Phi) is 6.04. The van der Waals surface area contributed by atoms with Crippen molar-refractivity contribution in [3.8, 4) is 5.75 Å². The molecule has 3 rings (SSSR count). The summed E-state index contributed by atoms with van der Waals surface area (Å²) >= 11 is 0. The summed E-state index contributed by atoms with van der Waals surface area (Å²) in [5, 5.41) is 13.0. The predicted molar refractivity (Wildman–Crippen MR) is 91.6 cm³/mol. The van der Waals surface area contributed by atoms with Crippen molar-refractivity contribution in [2.45, 2.75) is 25.9 Å². The molecule has 0 spiro atoms. The van der Waals surface area contributed by atoms with Crippen LogP contribution in [0.1, 0.15) is 24.0 Å². The van der Waals surface area contributed by atoms with Gasteiger partial charge in [-0.25, -0.2) is 4.98 Å². The van der Waals surface area contributed by atoms with Crippen LogP contribution in [0.2, 0.25) is 0 Å². The predicted octanol–water partition coefficient (Wildman–Crippen LogP) is 3.10. The van der Waals surface area contributed by atoms with Gasteiger partial charge in [0.1, 0.15) is 11.6 Å². The number of pyridine rings is 1. The highest BCUT2D eigenvalue weighted by atomic mass is 35.5. The Bertz CT molecular complexity index is 583.